The lowest BCUT2D eigenvalue weighted by Crippen LogP contribution is -2.19. The van der Waals surface area contributed by atoms with Gasteiger partial charge in [-0.05, 0) is 37.0 Å². The minimum absolute atomic E-state index is 0.877. The van der Waals surface area contributed by atoms with E-state index in [1.54, 1.807) is 0 Å². The fraction of sp³-hybridized carbons (Fsp3) is 1.00. The van der Waals surface area contributed by atoms with Crippen molar-refractivity contribution in [3.8, 4) is 0 Å². The second-order valence-corrected chi connectivity index (χ2v) is 4.51. The maximum absolute atomic E-state index is 5.93. The summed E-state index contributed by atoms with van der Waals surface area (Å²) in [6.07, 6.45) is 8.81. The molecule has 0 saturated heterocycles. The SMILES string of the molecule is ClC[C@@H]1CC[C@H]2CCCC[C@H]21. The molecule has 11 heavy (non-hydrogen) atoms. The predicted molar refractivity (Wildman–Crippen MR) is 48.9 cm³/mol. The monoisotopic (exact) mass is 172 g/mol. The summed E-state index contributed by atoms with van der Waals surface area (Å²) >= 11 is 5.93. The van der Waals surface area contributed by atoms with E-state index in [4.69, 9.17) is 11.6 Å². The Bertz CT molecular complexity index is 127. The van der Waals surface area contributed by atoms with Crippen molar-refractivity contribution in [2.75, 3.05) is 5.88 Å². The minimum atomic E-state index is 0.877. The molecule has 0 radical (unpaired) electrons. The maximum atomic E-state index is 5.93. The molecule has 0 aliphatic heterocycles. The van der Waals surface area contributed by atoms with Gasteiger partial charge in [-0.25, -0.2) is 0 Å². The first-order chi connectivity index (χ1) is 5.42. The summed E-state index contributed by atoms with van der Waals surface area (Å²) < 4.78 is 0. The molecule has 0 spiro atoms. The molecule has 2 fully saturated rings. The number of rotatable bonds is 1. The van der Waals surface area contributed by atoms with E-state index in [0.717, 1.165) is 23.6 Å². The average molecular weight is 173 g/mol. The summed E-state index contributed by atoms with van der Waals surface area (Å²) in [5, 5.41) is 0. The molecule has 2 aliphatic carbocycles. The number of hydrogen-bond acceptors (Lipinski definition) is 0. The highest BCUT2D eigenvalue weighted by atomic mass is 35.5. The number of fused-ring (bicyclic) bond motifs is 1. The fourth-order valence-corrected chi connectivity index (χ4v) is 3.43. The summed E-state index contributed by atoms with van der Waals surface area (Å²) in [6.45, 7) is 0. The molecule has 0 heterocycles. The smallest absolute Gasteiger partial charge is 0.0254 e. The highest BCUT2D eigenvalue weighted by Gasteiger charge is 2.36. The van der Waals surface area contributed by atoms with Crippen molar-refractivity contribution in [1.29, 1.82) is 0 Å². The molecular formula is C10H17Cl. The van der Waals surface area contributed by atoms with E-state index >= 15 is 0 Å². The Balaban J connectivity index is 1.98. The lowest BCUT2D eigenvalue weighted by molar-refractivity contribution is 0.239. The first-order valence-corrected chi connectivity index (χ1v) is 5.51. The predicted octanol–water partition coefficient (Wildman–Crippen LogP) is 3.44. The molecule has 0 unspecified atom stereocenters. The fourth-order valence-electron chi connectivity index (χ4n) is 3.05. The summed E-state index contributed by atoms with van der Waals surface area (Å²) in [6, 6.07) is 0. The maximum Gasteiger partial charge on any atom is 0.0254 e. The first kappa shape index (κ1) is 7.91. The van der Waals surface area contributed by atoms with Gasteiger partial charge in [0.15, 0.2) is 0 Å². The van der Waals surface area contributed by atoms with Crippen LogP contribution in [0.25, 0.3) is 0 Å². The lowest BCUT2D eigenvalue weighted by atomic mass is 9.79. The molecule has 2 saturated carbocycles. The van der Waals surface area contributed by atoms with Crippen molar-refractivity contribution < 1.29 is 0 Å². The summed E-state index contributed by atoms with van der Waals surface area (Å²) in [7, 11) is 0. The zero-order chi connectivity index (χ0) is 7.68. The number of alkyl halides is 1. The molecule has 0 amide bonds. The van der Waals surface area contributed by atoms with Crippen LogP contribution in [0.15, 0.2) is 0 Å². The van der Waals surface area contributed by atoms with Gasteiger partial charge in [-0.1, -0.05) is 19.3 Å². The molecule has 64 valence electrons. The van der Waals surface area contributed by atoms with Crippen LogP contribution in [0.4, 0.5) is 0 Å². The zero-order valence-corrected chi connectivity index (χ0v) is 7.82. The van der Waals surface area contributed by atoms with Gasteiger partial charge in [-0.3, -0.25) is 0 Å². The summed E-state index contributed by atoms with van der Waals surface area (Å²) in [5.74, 6) is 3.87. The van der Waals surface area contributed by atoms with Crippen LogP contribution < -0.4 is 0 Å². The summed E-state index contributed by atoms with van der Waals surface area (Å²) in [5.41, 5.74) is 0. The van der Waals surface area contributed by atoms with Crippen molar-refractivity contribution in [2.24, 2.45) is 17.8 Å². The van der Waals surface area contributed by atoms with Crippen LogP contribution in [0, 0.1) is 17.8 Å². The van der Waals surface area contributed by atoms with E-state index in [-0.39, 0.29) is 0 Å². The van der Waals surface area contributed by atoms with Gasteiger partial charge in [-0.15, -0.1) is 11.6 Å². The van der Waals surface area contributed by atoms with Crippen LogP contribution in [-0.2, 0) is 0 Å². The van der Waals surface area contributed by atoms with Gasteiger partial charge >= 0.3 is 0 Å². The number of hydrogen-bond donors (Lipinski definition) is 0. The van der Waals surface area contributed by atoms with Crippen LogP contribution in [0.1, 0.15) is 38.5 Å². The van der Waals surface area contributed by atoms with Crippen LogP contribution in [0.5, 0.6) is 0 Å². The van der Waals surface area contributed by atoms with E-state index in [2.05, 4.69) is 0 Å². The molecule has 0 aromatic rings. The van der Waals surface area contributed by atoms with Gasteiger partial charge in [0, 0.05) is 5.88 Å². The molecule has 0 aromatic heterocycles. The summed E-state index contributed by atoms with van der Waals surface area (Å²) in [4.78, 5) is 0. The third-order valence-corrected chi connectivity index (χ3v) is 4.08. The third-order valence-electron chi connectivity index (χ3n) is 3.68. The van der Waals surface area contributed by atoms with Gasteiger partial charge in [0.1, 0.15) is 0 Å². The van der Waals surface area contributed by atoms with Gasteiger partial charge in [0.25, 0.3) is 0 Å². The Morgan fingerprint density at radius 3 is 2.64 bits per heavy atom. The molecule has 2 aliphatic rings. The van der Waals surface area contributed by atoms with E-state index in [1.165, 1.54) is 38.5 Å². The normalized spacial score (nSPS) is 43.9. The molecule has 0 nitrogen and oxygen atoms in total. The van der Waals surface area contributed by atoms with Crippen molar-refractivity contribution >= 4 is 11.6 Å². The standard InChI is InChI=1S/C10H17Cl/c11-7-9-6-5-8-3-1-2-4-10(8)9/h8-10H,1-7H2/t8-,9+,10-/m1/s1. The quantitative estimate of drug-likeness (QED) is 0.532. The van der Waals surface area contributed by atoms with Crippen LogP contribution in [0.2, 0.25) is 0 Å². The highest BCUT2D eigenvalue weighted by Crippen LogP contribution is 2.45. The Labute approximate surface area is 74.3 Å². The van der Waals surface area contributed by atoms with Gasteiger partial charge in [0.2, 0.25) is 0 Å². The van der Waals surface area contributed by atoms with E-state index < -0.39 is 0 Å². The Kier molecular flexibility index (Phi) is 2.41. The molecular weight excluding hydrogens is 156 g/mol. The van der Waals surface area contributed by atoms with Gasteiger partial charge < -0.3 is 0 Å². The first-order valence-electron chi connectivity index (χ1n) is 4.98. The third kappa shape index (κ3) is 1.42. The van der Waals surface area contributed by atoms with E-state index in [1.807, 2.05) is 0 Å². The van der Waals surface area contributed by atoms with Gasteiger partial charge in [0.05, 0.1) is 0 Å². The Morgan fingerprint density at radius 1 is 1.00 bits per heavy atom. The number of halogens is 1. The molecule has 2 rings (SSSR count). The zero-order valence-electron chi connectivity index (χ0n) is 7.06. The van der Waals surface area contributed by atoms with Crippen molar-refractivity contribution in [3.05, 3.63) is 0 Å². The van der Waals surface area contributed by atoms with E-state index in [9.17, 15) is 0 Å². The van der Waals surface area contributed by atoms with Crippen molar-refractivity contribution in [1.82, 2.24) is 0 Å². The largest absolute Gasteiger partial charge is 0.126 e. The van der Waals surface area contributed by atoms with Crippen molar-refractivity contribution in [2.45, 2.75) is 38.5 Å². The van der Waals surface area contributed by atoms with Crippen LogP contribution in [0.3, 0.4) is 0 Å². The van der Waals surface area contributed by atoms with Crippen LogP contribution >= 0.6 is 11.6 Å². The second-order valence-electron chi connectivity index (χ2n) is 4.20. The second kappa shape index (κ2) is 3.35. The molecule has 1 heteroatoms. The Morgan fingerprint density at radius 2 is 1.82 bits per heavy atom. The van der Waals surface area contributed by atoms with Crippen LogP contribution in [-0.4, -0.2) is 5.88 Å². The minimum Gasteiger partial charge on any atom is -0.126 e. The Hall–Kier alpha value is 0.290. The average Bonchev–Trinajstić information content (AvgIpc) is 2.47. The van der Waals surface area contributed by atoms with Crippen molar-refractivity contribution in [3.63, 3.8) is 0 Å². The topological polar surface area (TPSA) is 0 Å². The highest BCUT2D eigenvalue weighted by molar-refractivity contribution is 6.18. The van der Waals surface area contributed by atoms with Gasteiger partial charge in [-0.2, -0.15) is 0 Å². The molecule has 0 aromatic carbocycles. The molecule has 0 bridgehead atoms. The molecule has 3 atom stereocenters. The lowest BCUT2D eigenvalue weighted by Gasteiger charge is -2.28. The van der Waals surface area contributed by atoms with E-state index in [0.29, 0.717) is 0 Å². The molecule has 0 N–H and O–H groups in total.